The Morgan fingerprint density at radius 1 is 1.31 bits per heavy atom. The first-order valence-corrected chi connectivity index (χ1v) is 5.44. The summed E-state index contributed by atoms with van der Waals surface area (Å²) in [5.41, 5.74) is 1.35. The summed E-state index contributed by atoms with van der Waals surface area (Å²) in [5, 5.41) is 6.64. The fourth-order valence-electron chi connectivity index (χ4n) is 1.50. The van der Waals surface area contributed by atoms with Crippen LogP contribution < -0.4 is 10.6 Å². The molecule has 1 aromatic rings. The largest absolute Gasteiger partial charge is 0.380 e. The van der Waals surface area contributed by atoms with Crippen molar-refractivity contribution in [1.29, 1.82) is 0 Å². The van der Waals surface area contributed by atoms with E-state index in [-0.39, 0.29) is 5.91 Å². The smallest absolute Gasteiger partial charge is 0.255 e. The van der Waals surface area contributed by atoms with E-state index in [4.69, 9.17) is 27.9 Å². The molecule has 0 aliphatic carbocycles. The second-order valence-electron chi connectivity index (χ2n) is 3.41. The SMILES string of the molecule is COC1CNc2cc(Cl)c(Cl)cc2NC1=O. The second kappa shape index (κ2) is 4.49. The standard InChI is InChI=1S/C10H10Cl2N2O2/c1-16-9-4-13-7-2-5(11)6(12)3-8(7)14-10(9)15/h2-3,9,13H,4H2,1H3,(H,14,15). The molecule has 0 saturated carbocycles. The van der Waals surface area contributed by atoms with Gasteiger partial charge in [-0.1, -0.05) is 23.2 Å². The van der Waals surface area contributed by atoms with E-state index in [2.05, 4.69) is 10.6 Å². The molecule has 1 aliphatic rings. The lowest BCUT2D eigenvalue weighted by molar-refractivity contribution is -0.124. The number of carbonyl (C=O) groups excluding carboxylic acids is 1. The first kappa shape index (κ1) is 11.5. The molecule has 1 unspecified atom stereocenters. The van der Waals surface area contributed by atoms with Crippen molar-refractivity contribution < 1.29 is 9.53 Å². The summed E-state index contributed by atoms with van der Waals surface area (Å²) in [6.45, 7) is 0.396. The van der Waals surface area contributed by atoms with Crippen molar-refractivity contribution in [3.05, 3.63) is 22.2 Å². The number of ether oxygens (including phenoxy) is 1. The molecule has 1 aliphatic heterocycles. The molecule has 0 fully saturated rings. The predicted molar refractivity (Wildman–Crippen MR) is 64.4 cm³/mol. The average Bonchev–Trinajstić information content (AvgIpc) is 2.38. The molecule has 1 amide bonds. The van der Waals surface area contributed by atoms with E-state index in [1.165, 1.54) is 7.11 Å². The Balaban J connectivity index is 2.37. The minimum Gasteiger partial charge on any atom is -0.380 e. The molecule has 0 aromatic heterocycles. The van der Waals surface area contributed by atoms with E-state index >= 15 is 0 Å². The molecule has 2 rings (SSSR count). The van der Waals surface area contributed by atoms with Crippen molar-refractivity contribution in [3.63, 3.8) is 0 Å². The van der Waals surface area contributed by atoms with Crippen LogP contribution in [0, 0.1) is 0 Å². The van der Waals surface area contributed by atoms with Gasteiger partial charge in [-0.05, 0) is 12.1 Å². The molecule has 16 heavy (non-hydrogen) atoms. The topological polar surface area (TPSA) is 50.4 Å². The van der Waals surface area contributed by atoms with E-state index in [9.17, 15) is 4.79 Å². The predicted octanol–water partition coefficient (Wildman–Crippen LogP) is 2.37. The molecule has 1 heterocycles. The van der Waals surface area contributed by atoms with Crippen LogP contribution in [0.3, 0.4) is 0 Å². The van der Waals surface area contributed by atoms with Gasteiger partial charge in [-0.3, -0.25) is 4.79 Å². The summed E-state index contributed by atoms with van der Waals surface area (Å²) in [5.74, 6) is -0.202. The molecule has 1 aromatic carbocycles. The molecule has 4 nitrogen and oxygen atoms in total. The van der Waals surface area contributed by atoms with Crippen LogP contribution in [0.5, 0.6) is 0 Å². The minimum atomic E-state index is -0.523. The quantitative estimate of drug-likeness (QED) is 0.815. The number of fused-ring (bicyclic) bond motifs is 1. The zero-order chi connectivity index (χ0) is 11.7. The van der Waals surface area contributed by atoms with Crippen LogP contribution in [0.4, 0.5) is 11.4 Å². The summed E-state index contributed by atoms with van der Waals surface area (Å²) >= 11 is 11.8. The number of carbonyl (C=O) groups is 1. The van der Waals surface area contributed by atoms with E-state index in [1.54, 1.807) is 12.1 Å². The van der Waals surface area contributed by atoms with Crippen molar-refractivity contribution >= 4 is 40.5 Å². The van der Waals surface area contributed by atoms with Crippen LogP contribution in [0.2, 0.25) is 10.0 Å². The fraction of sp³-hybridized carbons (Fsp3) is 0.300. The first-order valence-electron chi connectivity index (χ1n) is 4.68. The lowest BCUT2D eigenvalue weighted by atomic mass is 10.2. The van der Waals surface area contributed by atoms with Gasteiger partial charge in [0, 0.05) is 7.11 Å². The number of methoxy groups -OCH3 is 1. The maximum atomic E-state index is 11.7. The van der Waals surface area contributed by atoms with E-state index in [1.807, 2.05) is 0 Å². The highest BCUT2D eigenvalue weighted by atomic mass is 35.5. The third-order valence-corrected chi connectivity index (χ3v) is 3.10. The molecule has 0 radical (unpaired) electrons. The van der Waals surface area contributed by atoms with Crippen LogP contribution in [-0.2, 0) is 9.53 Å². The van der Waals surface area contributed by atoms with E-state index in [0.29, 0.717) is 22.3 Å². The van der Waals surface area contributed by atoms with Crippen molar-refractivity contribution in [2.75, 3.05) is 24.3 Å². The van der Waals surface area contributed by atoms with Crippen LogP contribution in [0.1, 0.15) is 0 Å². The van der Waals surface area contributed by atoms with Gasteiger partial charge in [-0.25, -0.2) is 0 Å². The third kappa shape index (κ3) is 2.09. The van der Waals surface area contributed by atoms with Gasteiger partial charge >= 0.3 is 0 Å². The normalized spacial score (nSPS) is 19.4. The minimum absolute atomic E-state index is 0.202. The number of amides is 1. The summed E-state index contributed by atoms with van der Waals surface area (Å²) in [4.78, 5) is 11.7. The Bertz CT molecular complexity index is 437. The number of anilines is 2. The summed E-state index contributed by atoms with van der Waals surface area (Å²) < 4.78 is 5.03. The Labute approximate surface area is 103 Å². The monoisotopic (exact) mass is 260 g/mol. The number of nitrogens with one attached hydrogen (secondary N) is 2. The average molecular weight is 261 g/mol. The van der Waals surface area contributed by atoms with Crippen molar-refractivity contribution in [2.24, 2.45) is 0 Å². The first-order chi connectivity index (χ1) is 7.61. The maximum absolute atomic E-state index is 11.7. The summed E-state index contributed by atoms with van der Waals surface area (Å²) in [7, 11) is 1.49. The lowest BCUT2D eigenvalue weighted by Crippen LogP contribution is -2.32. The number of benzene rings is 1. The summed E-state index contributed by atoms with van der Waals surface area (Å²) in [6, 6.07) is 3.29. The molecule has 6 heteroatoms. The number of halogens is 2. The molecule has 1 atom stereocenters. The molecule has 0 saturated heterocycles. The van der Waals surface area contributed by atoms with Crippen LogP contribution in [-0.4, -0.2) is 25.7 Å². The molecule has 0 spiro atoms. The van der Waals surface area contributed by atoms with Gasteiger partial charge in [-0.2, -0.15) is 0 Å². The van der Waals surface area contributed by atoms with Gasteiger partial charge in [0.2, 0.25) is 0 Å². The van der Waals surface area contributed by atoms with Gasteiger partial charge in [0.1, 0.15) is 0 Å². The molecule has 0 bridgehead atoms. The highest BCUT2D eigenvalue weighted by Crippen LogP contribution is 2.33. The van der Waals surface area contributed by atoms with Gasteiger partial charge in [-0.15, -0.1) is 0 Å². The Morgan fingerprint density at radius 3 is 2.56 bits per heavy atom. The molecular weight excluding hydrogens is 251 g/mol. The van der Waals surface area contributed by atoms with Crippen molar-refractivity contribution in [2.45, 2.75) is 6.10 Å². The van der Waals surface area contributed by atoms with Gasteiger partial charge in [0.15, 0.2) is 6.10 Å². The Kier molecular flexibility index (Phi) is 3.23. The highest BCUT2D eigenvalue weighted by molar-refractivity contribution is 6.42. The van der Waals surface area contributed by atoms with Crippen LogP contribution in [0.25, 0.3) is 0 Å². The second-order valence-corrected chi connectivity index (χ2v) is 4.22. The van der Waals surface area contributed by atoms with Crippen LogP contribution in [0.15, 0.2) is 12.1 Å². The van der Waals surface area contributed by atoms with E-state index < -0.39 is 6.10 Å². The molecule has 86 valence electrons. The highest BCUT2D eigenvalue weighted by Gasteiger charge is 2.23. The zero-order valence-corrected chi connectivity index (χ0v) is 10.0. The van der Waals surface area contributed by atoms with Gasteiger partial charge < -0.3 is 15.4 Å². The fourth-order valence-corrected chi connectivity index (χ4v) is 1.82. The Morgan fingerprint density at radius 2 is 1.94 bits per heavy atom. The third-order valence-electron chi connectivity index (χ3n) is 2.37. The number of hydrogen-bond acceptors (Lipinski definition) is 3. The maximum Gasteiger partial charge on any atom is 0.255 e. The van der Waals surface area contributed by atoms with E-state index in [0.717, 1.165) is 5.69 Å². The van der Waals surface area contributed by atoms with Gasteiger partial charge in [0.05, 0.1) is 28.0 Å². The van der Waals surface area contributed by atoms with Crippen LogP contribution >= 0.6 is 23.2 Å². The molecular formula is C10H10Cl2N2O2. The number of rotatable bonds is 1. The lowest BCUT2D eigenvalue weighted by Gasteiger charge is -2.09. The zero-order valence-electron chi connectivity index (χ0n) is 8.51. The van der Waals surface area contributed by atoms with Crippen molar-refractivity contribution in [1.82, 2.24) is 0 Å². The number of hydrogen-bond donors (Lipinski definition) is 2. The van der Waals surface area contributed by atoms with Crippen molar-refractivity contribution in [3.8, 4) is 0 Å². The molecule has 2 N–H and O–H groups in total. The van der Waals surface area contributed by atoms with Gasteiger partial charge in [0.25, 0.3) is 5.91 Å². The Hall–Kier alpha value is -0.970. The summed E-state index contributed by atoms with van der Waals surface area (Å²) in [6.07, 6.45) is -0.523.